The lowest BCUT2D eigenvalue weighted by Gasteiger charge is -2.45. The van der Waals surface area contributed by atoms with Crippen molar-refractivity contribution in [1.82, 2.24) is 14.0 Å². The Bertz CT molecular complexity index is 689. The van der Waals surface area contributed by atoms with Gasteiger partial charge in [-0.05, 0) is 24.7 Å². The predicted molar refractivity (Wildman–Crippen MR) is 85.3 cm³/mol. The van der Waals surface area contributed by atoms with E-state index in [-0.39, 0.29) is 11.2 Å². The quantitative estimate of drug-likeness (QED) is 0.772. The van der Waals surface area contributed by atoms with Gasteiger partial charge in [0.2, 0.25) is 0 Å². The van der Waals surface area contributed by atoms with Gasteiger partial charge in [0, 0.05) is 52.5 Å². The summed E-state index contributed by atoms with van der Waals surface area (Å²) in [7, 11) is 3.25. The molecule has 6 heteroatoms. The van der Waals surface area contributed by atoms with Gasteiger partial charge in [0.05, 0.1) is 0 Å². The second kappa shape index (κ2) is 4.98. The Morgan fingerprint density at radius 3 is 2.27 bits per heavy atom. The summed E-state index contributed by atoms with van der Waals surface area (Å²) < 4.78 is 2.69. The standard InChI is InChI=1S/C16H24N4O2/c1-17-10-14(15(21)18(2)16(17)22)20-8-13(9-20)19-6-11-4-3-5-12(11)7-19/h10-13H,3-9H2,1-2H3. The van der Waals surface area contributed by atoms with Gasteiger partial charge in [-0.1, -0.05) is 6.42 Å². The topological polar surface area (TPSA) is 50.5 Å². The van der Waals surface area contributed by atoms with Gasteiger partial charge >= 0.3 is 5.69 Å². The number of aromatic nitrogens is 2. The molecule has 0 amide bonds. The van der Waals surface area contributed by atoms with Crippen molar-refractivity contribution in [2.24, 2.45) is 25.9 Å². The largest absolute Gasteiger partial charge is 0.363 e. The van der Waals surface area contributed by atoms with Crippen LogP contribution < -0.4 is 16.1 Å². The number of aryl methyl sites for hydroxylation is 1. The van der Waals surface area contributed by atoms with Gasteiger partial charge < -0.3 is 9.47 Å². The van der Waals surface area contributed by atoms with E-state index >= 15 is 0 Å². The van der Waals surface area contributed by atoms with Crippen molar-refractivity contribution in [2.75, 3.05) is 31.1 Å². The SMILES string of the molecule is Cn1cc(N2CC(N3CC4CCCC4C3)C2)c(=O)n(C)c1=O. The maximum absolute atomic E-state index is 12.3. The van der Waals surface area contributed by atoms with Gasteiger partial charge in [-0.3, -0.25) is 14.3 Å². The molecule has 2 saturated heterocycles. The molecule has 2 aliphatic heterocycles. The van der Waals surface area contributed by atoms with Crippen LogP contribution in [0.1, 0.15) is 19.3 Å². The van der Waals surface area contributed by atoms with Crippen LogP contribution in [0.5, 0.6) is 0 Å². The number of likely N-dealkylation sites (tertiary alicyclic amines) is 1. The van der Waals surface area contributed by atoms with Gasteiger partial charge in [-0.15, -0.1) is 0 Å². The van der Waals surface area contributed by atoms with E-state index in [0.29, 0.717) is 11.7 Å². The van der Waals surface area contributed by atoms with Crippen molar-refractivity contribution in [3.05, 3.63) is 27.0 Å². The highest BCUT2D eigenvalue weighted by molar-refractivity contribution is 5.46. The van der Waals surface area contributed by atoms with E-state index in [4.69, 9.17) is 0 Å². The zero-order valence-electron chi connectivity index (χ0n) is 13.4. The number of nitrogens with zero attached hydrogens (tertiary/aromatic N) is 4. The molecule has 3 heterocycles. The third-order valence-corrected chi connectivity index (χ3v) is 5.90. The van der Waals surface area contributed by atoms with Crippen LogP contribution in [0.3, 0.4) is 0 Å². The van der Waals surface area contributed by atoms with Crippen molar-refractivity contribution in [1.29, 1.82) is 0 Å². The van der Waals surface area contributed by atoms with Crippen LogP contribution in [0.4, 0.5) is 5.69 Å². The number of hydrogen-bond donors (Lipinski definition) is 0. The third kappa shape index (κ3) is 2.04. The van der Waals surface area contributed by atoms with Crippen molar-refractivity contribution < 1.29 is 0 Å². The summed E-state index contributed by atoms with van der Waals surface area (Å²) in [5, 5.41) is 0. The third-order valence-electron chi connectivity index (χ3n) is 5.90. The Balaban J connectivity index is 1.46. The first-order valence-electron chi connectivity index (χ1n) is 8.30. The number of hydrogen-bond acceptors (Lipinski definition) is 4. The van der Waals surface area contributed by atoms with Crippen LogP contribution in [-0.2, 0) is 14.1 Å². The Hall–Kier alpha value is -1.56. The van der Waals surface area contributed by atoms with Gasteiger partial charge in [0.25, 0.3) is 5.56 Å². The number of fused-ring (bicyclic) bond motifs is 1. The van der Waals surface area contributed by atoms with Crippen molar-refractivity contribution in [3.8, 4) is 0 Å². The zero-order valence-corrected chi connectivity index (χ0v) is 13.4. The molecule has 0 bridgehead atoms. The molecule has 120 valence electrons. The van der Waals surface area contributed by atoms with Crippen molar-refractivity contribution in [2.45, 2.75) is 25.3 Å². The Labute approximate surface area is 129 Å². The molecule has 3 fully saturated rings. The molecule has 3 aliphatic rings. The van der Waals surface area contributed by atoms with E-state index in [2.05, 4.69) is 9.80 Å². The van der Waals surface area contributed by atoms with Crippen LogP contribution in [0.25, 0.3) is 0 Å². The molecule has 2 atom stereocenters. The zero-order chi connectivity index (χ0) is 15.4. The minimum Gasteiger partial charge on any atom is -0.363 e. The summed E-state index contributed by atoms with van der Waals surface area (Å²) in [6.07, 6.45) is 5.89. The highest BCUT2D eigenvalue weighted by Crippen LogP contribution is 2.39. The first kappa shape index (κ1) is 14.1. The van der Waals surface area contributed by atoms with E-state index in [1.807, 2.05) is 0 Å². The number of rotatable bonds is 2. The van der Waals surface area contributed by atoms with E-state index in [1.54, 1.807) is 20.3 Å². The maximum Gasteiger partial charge on any atom is 0.330 e. The predicted octanol–water partition coefficient (Wildman–Crippen LogP) is 0.00450. The Kier molecular flexibility index (Phi) is 3.18. The lowest BCUT2D eigenvalue weighted by Crippen LogP contribution is -2.60. The van der Waals surface area contributed by atoms with Crippen LogP contribution in [0.15, 0.2) is 15.8 Å². The molecule has 0 N–H and O–H groups in total. The molecule has 1 aliphatic carbocycles. The molecule has 0 radical (unpaired) electrons. The first-order valence-corrected chi connectivity index (χ1v) is 8.30. The molecular weight excluding hydrogens is 280 g/mol. The second-order valence-corrected chi connectivity index (χ2v) is 7.24. The molecule has 1 aromatic rings. The first-order chi connectivity index (χ1) is 10.5. The molecular formula is C16H24N4O2. The molecule has 4 rings (SSSR count). The average molecular weight is 304 g/mol. The van der Waals surface area contributed by atoms with Crippen LogP contribution in [-0.4, -0.2) is 46.3 Å². The summed E-state index contributed by atoms with van der Waals surface area (Å²) in [4.78, 5) is 28.7. The lowest BCUT2D eigenvalue weighted by atomic mass is 10.0. The van der Waals surface area contributed by atoms with Gasteiger partial charge in [0.15, 0.2) is 0 Å². The monoisotopic (exact) mass is 304 g/mol. The van der Waals surface area contributed by atoms with Crippen molar-refractivity contribution in [3.63, 3.8) is 0 Å². The Morgan fingerprint density at radius 2 is 1.64 bits per heavy atom. The summed E-state index contributed by atoms with van der Waals surface area (Å²) in [6.45, 7) is 4.31. The normalized spacial score (nSPS) is 28.9. The van der Waals surface area contributed by atoms with Gasteiger partial charge in [-0.2, -0.15) is 0 Å². The van der Waals surface area contributed by atoms with Crippen molar-refractivity contribution >= 4 is 5.69 Å². The van der Waals surface area contributed by atoms with Gasteiger partial charge in [0.1, 0.15) is 5.69 Å². The molecule has 2 unspecified atom stereocenters. The summed E-state index contributed by atoms with van der Waals surface area (Å²) in [5.74, 6) is 1.83. The van der Waals surface area contributed by atoms with Crippen LogP contribution in [0, 0.1) is 11.8 Å². The average Bonchev–Trinajstić information content (AvgIpc) is 3.01. The maximum atomic E-state index is 12.3. The summed E-state index contributed by atoms with van der Waals surface area (Å²) in [6, 6.07) is 0.576. The Morgan fingerprint density at radius 1 is 1.00 bits per heavy atom. The van der Waals surface area contributed by atoms with Crippen LogP contribution >= 0.6 is 0 Å². The van der Waals surface area contributed by atoms with E-state index in [9.17, 15) is 9.59 Å². The summed E-state index contributed by atoms with van der Waals surface area (Å²) in [5.41, 5.74) is 0.207. The van der Waals surface area contributed by atoms with E-state index < -0.39 is 0 Å². The molecule has 1 aromatic heterocycles. The summed E-state index contributed by atoms with van der Waals surface area (Å²) >= 11 is 0. The molecule has 6 nitrogen and oxygen atoms in total. The molecule has 0 aromatic carbocycles. The number of anilines is 1. The minimum atomic E-state index is -0.266. The molecule has 22 heavy (non-hydrogen) atoms. The smallest absolute Gasteiger partial charge is 0.330 e. The lowest BCUT2D eigenvalue weighted by molar-refractivity contribution is 0.190. The van der Waals surface area contributed by atoms with Crippen LogP contribution in [0.2, 0.25) is 0 Å². The van der Waals surface area contributed by atoms with E-state index in [0.717, 1.165) is 24.9 Å². The fraction of sp³-hybridized carbons (Fsp3) is 0.750. The second-order valence-electron chi connectivity index (χ2n) is 7.24. The fourth-order valence-corrected chi connectivity index (χ4v) is 4.46. The highest BCUT2D eigenvalue weighted by Gasteiger charge is 2.42. The molecule has 0 spiro atoms. The van der Waals surface area contributed by atoms with E-state index in [1.165, 1.54) is 41.5 Å². The molecule has 1 saturated carbocycles. The minimum absolute atomic E-state index is 0.181. The fourth-order valence-electron chi connectivity index (χ4n) is 4.46. The highest BCUT2D eigenvalue weighted by atomic mass is 16.2. The van der Waals surface area contributed by atoms with Gasteiger partial charge in [-0.25, -0.2) is 4.79 Å².